The van der Waals surface area contributed by atoms with Gasteiger partial charge in [0, 0.05) is 41.4 Å². The number of carbonyl (C=O) groups is 3. The lowest BCUT2D eigenvalue weighted by Gasteiger charge is -2.71. The highest BCUT2D eigenvalue weighted by Crippen LogP contribution is 2.82. The van der Waals surface area contributed by atoms with Gasteiger partial charge in [-0.05, 0) is 37.3 Å². The van der Waals surface area contributed by atoms with Crippen LogP contribution in [0.5, 0.6) is 0 Å². The van der Waals surface area contributed by atoms with Gasteiger partial charge in [0.2, 0.25) is 0 Å². The summed E-state index contributed by atoms with van der Waals surface area (Å²) in [6.45, 7) is 6.34. The molecule has 2 saturated heterocycles. The van der Waals surface area contributed by atoms with E-state index in [1.807, 2.05) is 19.9 Å². The van der Waals surface area contributed by atoms with Crippen molar-refractivity contribution in [3.05, 3.63) is 24.2 Å². The van der Waals surface area contributed by atoms with E-state index in [1.54, 1.807) is 19.5 Å². The first kappa shape index (κ1) is 24.7. The summed E-state index contributed by atoms with van der Waals surface area (Å²) < 4.78 is 23.0. The molecule has 7 rings (SSSR count). The second-order valence-electron chi connectivity index (χ2n) is 13.1. The Morgan fingerprint density at radius 2 is 1.79 bits per heavy atom. The molecule has 3 heterocycles. The fourth-order valence-corrected chi connectivity index (χ4v) is 10.5. The summed E-state index contributed by atoms with van der Waals surface area (Å²) in [4.78, 5) is 39.7. The number of hydrogen-bond acceptors (Lipinski definition) is 10. The Hall–Kier alpha value is -2.27. The molecule has 4 saturated carbocycles. The highest BCUT2D eigenvalue weighted by molar-refractivity contribution is 5.92. The minimum atomic E-state index is -1.45. The predicted molar refractivity (Wildman–Crippen MR) is 126 cm³/mol. The molecule has 0 radical (unpaired) electrons. The van der Waals surface area contributed by atoms with Gasteiger partial charge < -0.3 is 33.9 Å². The van der Waals surface area contributed by atoms with Crippen molar-refractivity contribution in [1.29, 1.82) is 0 Å². The molecule has 1 spiro atoms. The van der Waals surface area contributed by atoms with Crippen molar-refractivity contribution >= 4 is 17.7 Å². The molecule has 0 aromatic carbocycles. The maximum absolute atomic E-state index is 14.5. The Bertz CT molecular complexity index is 1240. The van der Waals surface area contributed by atoms with Crippen LogP contribution in [0, 0.1) is 33.5 Å². The lowest BCUT2D eigenvalue weighted by Crippen LogP contribution is -2.81. The molecule has 38 heavy (non-hydrogen) atoms. The molecule has 10 nitrogen and oxygen atoms in total. The Morgan fingerprint density at radius 1 is 1.05 bits per heavy atom. The number of aliphatic hydroxyl groups excluding tert-OH is 3. The molecular weight excluding hydrogens is 496 g/mol. The SMILES string of the molecule is CC(=O)O[C@@H]1C[C@H](O)[C@@]23COC(=O)[C@]1(C)[C@@H]2C[C@@H](O)[C@]1(C)[C@@H]3C(=O)C(O)[C@@]2(C)[C@H](c3ccoc3)C[C@H]3O[C@@]312. The van der Waals surface area contributed by atoms with Crippen molar-refractivity contribution < 1.29 is 48.3 Å². The van der Waals surface area contributed by atoms with Crippen LogP contribution in [0.3, 0.4) is 0 Å². The van der Waals surface area contributed by atoms with E-state index in [0.717, 1.165) is 5.56 Å². The van der Waals surface area contributed by atoms with Gasteiger partial charge in [0.1, 0.15) is 29.8 Å². The highest BCUT2D eigenvalue weighted by atomic mass is 16.6. The minimum absolute atomic E-state index is 0.0556. The molecule has 6 aliphatic rings. The monoisotopic (exact) mass is 530 g/mol. The van der Waals surface area contributed by atoms with Crippen molar-refractivity contribution in [2.24, 2.45) is 33.5 Å². The third-order valence-corrected chi connectivity index (χ3v) is 12.2. The van der Waals surface area contributed by atoms with E-state index in [0.29, 0.717) is 6.42 Å². The maximum atomic E-state index is 14.5. The Kier molecular flexibility index (Phi) is 4.61. The average Bonchev–Trinajstić information content (AvgIpc) is 3.22. The summed E-state index contributed by atoms with van der Waals surface area (Å²) in [7, 11) is 0. The van der Waals surface area contributed by atoms with Gasteiger partial charge in [-0.3, -0.25) is 14.4 Å². The van der Waals surface area contributed by atoms with Gasteiger partial charge in [0.15, 0.2) is 5.78 Å². The molecule has 2 bridgehead atoms. The van der Waals surface area contributed by atoms with Crippen LogP contribution in [0.4, 0.5) is 0 Å². The molecule has 1 unspecified atom stereocenters. The Labute approximate surface area is 219 Å². The number of cyclic esters (lactones) is 1. The minimum Gasteiger partial charge on any atom is -0.472 e. The first-order valence-electron chi connectivity index (χ1n) is 13.4. The first-order chi connectivity index (χ1) is 17.8. The zero-order chi connectivity index (χ0) is 27.2. The summed E-state index contributed by atoms with van der Waals surface area (Å²) >= 11 is 0. The lowest BCUT2D eigenvalue weighted by atomic mass is 9.33. The van der Waals surface area contributed by atoms with Crippen LogP contribution in [0.2, 0.25) is 0 Å². The number of ketones is 1. The molecule has 3 N–H and O–H groups in total. The second kappa shape index (κ2) is 7.08. The number of esters is 2. The van der Waals surface area contributed by atoms with Crippen LogP contribution in [0.15, 0.2) is 23.0 Å². The Morgan fingerprint density at radius 3 is 2.45 bits per heavy atom. The fourth-order valence-electron chi connectivity index (χ4n) is 10.5. The smallest absolute Gasteiger partial charge is 0.315 e. The summed E-state index contributed by atoms with van der Waals surface area (Å²) in [5.41, 5.74) is -5.08. The summed E-state index contributed by atoms with van der Waals surface area (Å²) in [6, 6.07) is 1.83. The maximum Gasteiger partial charge on any atom is 0.315 e. The molecule has 13 atom stereocenters. The summed E-state index contributed by atoms with van der Waals surface area (Å²) in [5, 5.41) is 35.7. The zero-order valence-corrected chi connectivity index (χ0v) is 21.9. The standard InChI is InChI=1S/C28H34O10/c1-12(29)37-18-9-17(31)27-11-36-23(34)24(18,2)15(27)8-16(30)26(4)21(27)20(32)22(33)25(3)14(13-5-6-35-10-13)7-19-28(25,26)38-19/h5-6,10,14-19,21-22,30-31,33H,7-9,11H2,1-4H3/t14-,15-,16+,17-,18+,19+,21-,22?,24+,25+,26+,27+,28+/m0/s1. The number of carbonyl (C=O) groups excluding carboxylic acids is 3. The molecule has 206 valence electrons. The topological polar surface area (TPSA) is 156 Å². The van der Waals surface area contributed by atoms with Crippen molar-refractivity contribution in [2.45, 2.75) is 89.0 Å². The van der Waals surface area contributed by atoms with E-state index in [4.69, 9.17) is 18.6 Å². The number of epoxide rings is 1. The van der Waals surface area contributed by atoms with Crippen molar-refractivity contribution in [3.8, 4) is 0 Å². The molecule has 0 amide bonds. The second-order valence-corrected chi connectivity index (χ2v) is 13.1. The largest absolute Gasteiger partial charge is 0.472 e. The molecular formula is C28H34O10. The van der Waals surface area contributed by atoms with Crippen LogP contribution >= 0.6 is 0 Å². The van der Waals surface area contributed by atoms with Gasteiger partial charge in [0.25, 0.3) is 0 Å². The third kappa shape index (κ3) is 2.29. The van der Waals surface area contributed by atoms with Gasteiger partial charge in [0.05, 0.1) is 30.8 Å². The van der Waals surface area contributed by atoms with E-state index in [2.05, 4.69) is 0 Å². The summed E-state index contributed by atoms with van der Waals surface area (Å²) in [5.74, 6) is -3.68. The van der Waals surface area contributed by atoms with Gasteiger partial charge in [-0.15, -0.1) is 0 Å². The molecule has 6 fully saturated rings. The van der Waals surface area contributed by atoms with Crippen molar-refractivity contribution in [1.82, 2.24) is 0 Å². The van der Waals surface area contributed by atoms with E-state index < -0.39 is 81.2 Å². The van der Waals surface area contributed by atoms with Crippen LogP contribution in [0.25, 0.3) is 0 Å². The predicted octanol–water partition coefficient (Wildman–Crippen LogP) is 1.10. The lowest BCUT2D eigenvalue weighted by molar-refractivity contribution is -0.313. The zero-order valence-electron chi connectivity index (χ0n) is 21.9. The van der Waals surface area contributed by atoms with Crippen LogP contribution in [0.1, 0.15) is 58.4 Å². The number of ether oxygens (including phenoxy) is 3. The summed E-state index contributed by atoms with van der Waals surface area (Å²) in [6.07, 6.45) is -1.25. The molecule has 1 aromatic heterocycles. The number of Topliss-reactive ketones (excluding diaryl/α,β-unsaturated/α-hetero) is 1. The van der Waals surface area contributed by atoms with Crippen LogP contribution < -0.4 is 0 Å². The first-order valence-corrected chi connectivity index (χ1v) is 13.4. The molecule has 10 heteroatoms. The number of aliphatic hydroxyl groups is 3. The van der Waals surface area contributed by atoms with Gasteiger partial charge in [-0.2, -0.15) is 0 Å². The van der Waals surface area contributed by atoms with Gasteiger partial charge in [-0.1, -0.05) is 13.8 Å². The average molecular weight is 531 g/mol. The van der Waals surface area contributed by atoms with Gasteiger partial charge >= 0.3 is 11.9 Å². The number of hydrogen-bond donors (Lipinski definition) is 3. The molecule has 4 aliphatic carbocycles. The quantitative estimate of drug-likeness (QED) is 0.374. The fraction of sp³-hybridized carbons (Fsp3) is 0.750. The normalized spacial score (nSPS) is 56.2. The van der Waals surface area contributed by atoms with Crippen molar-refractivity contribution in [3.63, 3.8) is 0 Å². The van der Waals surface area contributed by atoms with E-state index in [9.17, 15) is 29.7 Å². The highest BCUT2D eigenvalue weighted by Gasteiger charge is 2.92. The van der Waals surface area contributed by atoms with Gasteiger partial charge in [-0.25, -0.2) is 0 Å². The number of furan rings is 1. The van der Waals surface area contributed by atoms with Crippen molar-refractivity contribution in [2.75, 3.05) is 6.61 Å². The van der Waals surface area contributed by atoms with E-state index >= 15 is 0 Å². The molecule has 1 aromatic rings. The molecule has 2 aliphatic heterocycles. The van der Waals surface area contributed by atoms with Crippen LogP contribution in [-0.4, -0.2) is 75.8 Å². The van der Waals surface area contributed by atoms with E-state index in [1.165, 1.54) is 6.92 Å². The van der Waals surface area contributed by atoms with E-state index in [-0.39, 0.29) is 31.5 Å². The van der Waals surface area contributed by atoms with Crippen LogP contribution in [-0.2, 0) is 28.6 Å². The Balaban J connectivity index is 1.42. The number of rotatable bonds is 2. The number of fused-ring (bicyclic) bond motifs is 1. The third-order valence-electron chi connectivity index (χ3n) is 12.2.